The highest BCUT2D eigenvalue weighted by molar-refractivity contribution is 7.89. The zero-order chi connectivity index (χ0) is 17.2. The molecule has 0 saturated carbocycles. The van der Waals surface area contributed by atoms with Crippen LogP contribution in [0.5, 0.6) is 0 Å². The summed E-state index contributed by atoms with van der Waals surface area (Å²) in [6.45, 7) is 6.06. The van der Waals surface area contributed by atoms with E-state index in [4.69, 9.17) is 0 Å². The Labute approximate surface area is 136 Å². The number of nitrogens with one attached hydrogen (secondary N) is 1. The van der Waals surface area contributed by atoms with Crippen LogP contribution < -0.4 is 4.72 Å². The van der Waals surface area contributed by atoms with Gasteiger partial charge in [0.05, 0.1) is 0 Å². The van der Waals surface area contributed by atoms with E-state index in [1.54, 1.807) is 11.8 Å². The second-order valence-electron chi connectivity index (χ2n) is 6.13. The summed E-state index contributed by atoms with van der Waals surface area (Å²) < 4.78 is 41.6. The quantitative estimate of drug-likeness (QED) is 0.891. The monoisotopic (exact) mass is 342 g/mol. The molecule has 0 spiro atoms. The molecule has 1 aromatic rings. The lowest BCUT2D eigenvalue weighted by Crippen LogP contribution is -2.41. The molecule has 0 radical (unpaired) electrons. The lowest BCUT2D eigenvalue weighted by Gasteiger charge is -2.19. The van der Waals surface area contributed by atoms with Crippen LogP contribution in [0.3, 0.4) is 0 Å². The summed E-state index contributed by atoms with van der Waals surface area (Å²) in [5.41, 5.74) is 0.675. The molecule has 0 unspecified atom stereocenters. The van der Waals surface area contributed by atoms with Crippen LogP contribution in [-0.4, -0.2) is 38.4 Å². The highest BCUT2D eigenvalue weighted by atomic mass is 32.2. The molecular weight excluding hydrogens is 319 g/mol. The average Bonchev–Trinajstić information content (AvgIpc) is 2.84. The van der Waals surface area contributed by atoms with Crippen molar-refractivity contribution in [3.05, 3.63) is 29.6 Å². The van der Waals surface area contributed by atoms with Gasteiger partial charge in [0, 0.05) is 26.1 Å². The number of sulfonamides is 1. The maximum atomic E-state index is 13.9. The van der Waals surface area contributed by atoms with Crippen molar-refractivity contribution in [2.45, 2.75) is 44.6 Å². The van der Waals surface area contributed by atoms with Crippen LogP contribution in [0.4, 0.5) is 4.39 Å². The van der Waals surface area contributed by atoms with E-state index in [0.717, 1.165) is 18.9 Å². The summed E-state index contributed by atoms with van der Waals surface area (Å²) in [6, 6.07) is 3.62. The summed E-state index contributed by atoms with van der Waals surface area (Å²) in [4.78, 5) is 12.9. The molecule has 1 saturated heterocycles. The van der Waals surface area contributed by atoms with Gasteiger partial charge in [-0.25, -0.2) is 17.5 Å². The van der Waals surface area contributed by atoms with Crippen LogP contribution >= 0.6 is 0 Å². The Hall–Kier alpha value is -1.47. The largest absolute Gasteiger partial charge is 0.341 e. The second-order valence-corrected chi connectivity index (χ2v) is 7.82. The molecule has 1 amide bonds. The number of amides is 1. The second kappa shape index (κ2) is 6.97. The molecule has 2 atom stereocenters. The molecule has 0 aliphatic carbocycles. The molecule has 128 valence electrons. The van der Waals surface area contributed by atoms with Crippen molar-refractivity contribution >= 4 is 15.9 Å². The number of hydrogen-bond acceptors (Lipinski definition) is 3. The molecule has 1 aliphatic rings. The molecule has 5 nitrogen and oxygen atoms in total. The molecular formula is C16H23FN2O3S. The number of benzene rings is 1. The molecule has 23 heavy (non-hydrogen) atoms. The molecule has 1 aromatic carbocycles. The highest BCUT2D eigenvalue weighted by Gasteiger charge is 2.36. The fourth-order valence-corrected chi connectivity index (χ4v) is 4.46. The highest BCUT2D eigenvalue weighted by Crippen LogP contribution is 2.24. The molecule has 0 bridgehead atoms. The lowest BCUT2D eigenvalue weighted by atomic mass is 9.99. The maximum absolute atomic E-state index is 13.9. The topological polar surface area (TPSA) is 66.5 Å². The predicted molar refractivity (Wildman–Crippen MR) is 85.9 cm³/mol. The lowest BCUT2D eigenvalue weighted by molar-refractivity contribution is -0.127. The fraction of sp³-hybridized carbons (Fsp3) is 0.562. The number of carbonyl (C=O) groups excluding carboxylic acids is 1. The van der Waals surface area contributed by atoms with Crippen molar-refractivity contribution in [1.29, 1.82) is 0 Å². The maximum Gasteiger partial charge on any atom is 0.243 e. The standard InChI is InChI=1S/C16H23FN2O3S/c1-4-5-13-9-19(12(3)20)10-15(13)18-23(21,22)16-8-11(2)6-7-14(16)17/h6-8,13,15,18H,4-5,9-10H2,1-3H3/t13-,15-/m0/s1. The van der Waals surface area contributed by atoms with Crippen LogP contribution in [0.2, 0.25) is 0 Å². The van der Waals surface area contributed by atoms with Gasteiger partial charge in [-0.2, -0.15) is 0 Å². The van der Waals surface area contributed by atoms with Gasteiger partial charge in [0.2, 0.25) is 15.9 Å². The summed E-state index contributed by atoms with van der Waals surface area (Å²) in [5, 5.41) is 0. The summed E-state index contributed by atoms with van der Waals surface area (Å²) in [7, 11) is -3.96. The Bertz CT molecular complexity index is 691. The Morgan fingerprint density at radius 2 is 2.09 bits per heavy atom. The van der Waals surface area contributed by atoms with E-state index in [1.807, 2.05) is 6.92 Å². The third-order valence-electron chi connectivity index (χ3n) is 4.23. The van der Waals surface area contributed by atoms with E-state index in [0.29, 0.717) is 18.7 Å². The number of halogens is 1. The minimum absolute atomic E-state index is 0.0477. The van der Waals surface area contributed by atoms with Crippen molar-refractivity contribution < 1.29 is 17.6 Å². The summed E-state index contributed by atoms with van der Waals surface area (Å²) in [6.07, 6.45) is 1.71. The number of likely N-dealkylation sites (tertiary alicyclic amines) is 1. The predicted octanol–water partition coefficient (Wildman–Crippen LogP) is 2.06. The number of rotatable bonds is 5. The molecule has 1 aliphatic heterocycles. The minimum atomic E-state index is -3.96. The van der Waals surface area contributed by atoms with Gasteiger partial charge in [0.25, 0.3) is 0 Å². The number of nitrogens with zero attached hydrogens (tertiary/aromatic N) is 1. The van der Waals surface area contributed by atoms with Crippen LogP contribution in [0.25, 0.3) is 0 Å². The van der Waals surface area contributed by atoms with Crippen molar-refractivity contribution in [3.63, 3.8) is 0 Å². The first kappa shape index (κ1) is 17.9. The SMILES string of the molecule is CCC[C@H]1CN(C(C)=O)C[C@@H]1NS(=O)(=O)c1cc(C)ccc1F. The van der Waals surface area contributed by atoms with Crippen molar-refractivity contribution in [2.24, 2.45) is 5.92 Å². The third-order valence-corrected chi connectivity index (χ3v) is 5.73. The molecule has 1 N–H and O–H groups in total. The normalized spacial score (nSPS) is 21.7. The van der Waals surface area contributed by atoms with Crippen LogP contribution in [0.15, 0.2) is 23.1 Å². The Kier molecular flexibility index (Phi) is 5.41. The van der Waals surface area contributed by atoms with E-state index in [9.17, 15) is 17.6 Å². The Balaban J connectivity index is 2.24. The average molecular weight is 342 g/mol. The number of hydrogen-bond donors (Lipinski definition) is 1. The van der Waals surface area contributed by atoms with Gasteiger partial charge in [0.15, 0.2) is 0 Å². The first-order chi connectivity index (χ1) is 10.7. The molecule has 1 heterocycles. The Morgan fingerprint density at radius 3 is 2.70 bits per heavy atom. The van der Waals surface area contributed by atoms with Crippen LogP contribution in [0.1, 0.15) is 32.3 Å². The minimum Gasteiger partial charge on any atom is -0.341 e. The van der Waals surface area contributed by atoms with Gasteiger partial charge in [-0.3, -0.25) is 4.79 Å². The zero-order valence-corrected chi connectivity index (χ0v) is 14.5. The van der Waals surface area contributed by atoms with Gasteiger partial charge in [-0.1, -0.05) is 19.4 Å². The van der Waals surface area contributed by atoms with Gasteiger partial charge in [-0.05, 0) is 37.0 Å². The number of carbonyl (C=O) groups is 1. The number of aryl methyl sites for hydroxylation is 1. The summed E-state index contributed by atoms with van der Waals surface area (Å²) >= 11 is 0. The molecule has 7 heteroatoms. The molecule has 0 aromatic heterocycles. The third kappa shape index (κ3) is 4.09. The van der Waals surface area contributed by atoms with Crippen LogP contribution in [-0.2, 0) is 14.8 Å². The van der Waals surface area contributed by atoms with Gasteiger partial charge < -0.3 is 4.90 Å². The first-order valence-electron chi connectivity index (χ1n) is 7.78. The molecule has 2 rings (SSSR count). The molecule has 1 fully saturated rings. The van der Waals surface area contributed by atoms with Crippen LogP contribution in [0, 0.1) is 18.7 Å². The van der Waals surface area contributed by atoms with E-state index in [2.05, 4.69) is 4.72 Å². The smallest absolute Gasteiger partial charge is 0.243 e. The van der Waals surface area contributed by atoms with E-state index in [-0.39, 0.29) is 22.8 Å². The van der Waals surface area contributed by atoms with Crippen molar-refractivity contribution in [2.75, 3.05) is 13.1 Å². The zero-order valence-electron chi connectivity index (χ0n) is 13.7. The van der Waals surface area contributed by atoms with Crippen molar-refractivity contribution in [3.8, 4) is 0 Å². The van der Waals surface area contributed by atoms with Gasteiger partial charge in [0.1, 0.15) is 10.7 Å². The first-order valence-corrected chi connectivity index (χ1v) is 9.27. The van der Waals surface area contributed by atoms with Gasteiger partial charge in [-0.15, -0.1) is 0 Å². The van der Waals surface area contributed by atoms with Crippen molar-refractivity contribution in [1.82, 2.24) is 9.62 Å². The van der Waals surface area contributed by atoms with E-state index in [1.165, 1.54) is 19.1 Å². The van der Waals surface area contributed by atoms with Gasteiger partial charge >= 0.3 is 0 Å². The Morgan fingerprint density at radius 1 is 1.39 bits per heavy atom. The van der Waals surface area contributed by atoms with E-state index >= 15 is 0 Å². The fourth-order valence-electron chi connectivity index (χ4n) is 3.00. The van der Waals surface area contributed by atoms with E-state index < -0.39 is 15.8 Å². The summed E-state index contributed by atoms with van der Waals surface area (Å²) in [5.74, 6) is -0.794.